The number of benzene rings is 1. The molecule has 0 bridgehead atoms. The molecule has 0 saturated carbocycles. The Morgan fingerprint density at radius 1 is 1.32 bits per heavy atom. The molecule has 1 aromatic heterocycles. The van der Waals surface area contributed by atoms with E-state index in [1.165, 1.54) is 4.57 Å². The number of hydrogen-bond acceptors (Lipinski definition) is 4. The highest BCUT2D eigenvalue weighted by atomic mass is 16.4. The summed E-state index contributed by atoms with van der Waals surface area (Å²) in [6.07, 6.45) is 0.0905. The van der Waals surface area contributed by atoms with E-state index in [4.69, 9.17) is 4.42 Å². The first kappa shape index (κ1) is 15.8. The van der Waals surface area contributed by atoms with Gasteiger partial charge in [0.05, 0.1) is 5.52 Å². The highest BCUT2D eigenvalue weighted by molar-refractivity contribution is 5.87. The second-order valence-corrected chi connectivity index (χ2v) is 4.92. The molecule has 0 aliphatic rings. The average molecular weight is 305 g/mol. The fourth-order valence-corrected chi connectivity index (χ4v) is 2.15. The summed E-state index contributed by atoms with van der Waals surface area (Å²) in [4.78, 5) is 35.2. The van der Waals surface area contributed by atoms with Crippen LogP contribution in [0.25, 0.3) is 11.1 Å². The SMILES string of the molecule is CCNC(=O)[C@@H](C)NC(=O)CCn1c(=O)oc2ccccc21. The highest BCUT2D eigenvalue weighted by Gasteiger charge is 2.15. The fraction of sp³-hybridized carbons (Fsp3) is 0.400. The number of hydrogen-bond donors (Lipinski definition) is 2. The number of para-hydroxylation sites is 2. The molecule has 0 aliphatic heterocycles. The van der Waals surface area contributed by atoms with Crippen molar-refractivity contribution in [2.75, 3.05) is 6.54 Å². The van der Waals surface area contributed by atoms with E-state index in [0.29, 0.717) is 17.6 Å². The summed E-state index contributed by atoms with van der Waals surface area (Å²) in [5.41, 5.74) is 1.14. The van der Waals surface area contributed by atoms with E-state index >= 15 is 0 Å². The van der Waals surface area contributed by atoms with Gasteiger partial charge in [-0.15, -0.1) is 0 Å². The van der Waals surface area contributed by atoms with Gasteiger partial charge < -0.3 is 15.1 Å². The minimum atomic E-state index is -0.606. The van der Waals surface area contributed by atoms with Gasteiger partial charge in [0.25, 0.3) is 0 Å². The third-order valence-electron chi connectivity index (χ3n) is 3.26. The van der Waals surface area contributed by atoms with Crippen LogP contribution >= 0.6 is 0 Å². The van der Waals surface area contributed by atoms with Crippen LogP contribution in [0.4, 0.5) is 0 Å². The summed E-state index contributed by atoms with van der Waals surface area (Å²) in [6, 6.07) is 6.42. The van der Waals surface area contributed by atoms with E-state index in [-0.39, 0.29) is 24.8 Å². The highest BCUT2D eigenvalue weighted by Crippen LogP contribution is 2.11. The zero-order chi connectivity index (χ0) is 16.1. The second-order valence-electron chi connectivity index (χ2n) is 4.92. The monoisotopic (exact) mass is 305 g/mol. The van der Waals surface area contributed by atoms with Crippen molar-refractivity contribution >= 4 is 22.9 Å². The summed E-state index contributed by atoms with van der Waals surface area (Å²) in [7, 11) is 0. The van der Waals surface area contributed by atoms with Crippen LogP contribution in [0.15, 0.2) is 33.5 Å². The molecule has 2 amide bonds. The fourth-order valence-electron chi connectivity index (χ4n) is 2.15. The van der Waals surface area contributed by atoms with Crippen LogP contribution < -0.4 is 16.4 Å². The molecular formula is C15H19N3O4. The maximum Gasteiger partial charge on any atom is 0.419 e. The molecule has 1 atom stereocenters. The molecule has 1 aromatic carbocycles. The number of rotatable bonds is 6. The number of carbonyl (C=O) groups excluding carboxylic acids is 2. The topological polar surface area (TPSA) is 93.3 Å². The van der Waals surface area contributed by atoms with Crippen LogP contribution in [-0.2, 0) is 16.1 Å². The summed E-state index contributed by atoms with van der Waals surface area (Å²) in [6.45, 7) is 4.13. The van der Waals surface area contributed by atoms with Crippen molar-refractivity contribution in [3.63, 3.8) is 0 Å². The van der Waals surface area contributed by atoms with Crippen LogP contribution in [0.1, 0.15) is 20.3 Å². The molecule has 0 spiro atoms. The largest absolute Gasteiger partial charge is 0.419 e. The van der Waals surface area contributed by atoms with Crippen LogP contribution in [0, 0.1) is 0 Å². The number of aryl methyl sites for hydroxylation is 1. The number of nitrogens with one attached hydrogen (secondary N) is 2. The lowest BCUT2D eigenvalue weighted by molar-refractivity contribution is -0.128. The quantitative estimate of drug-likeness (QED) is 0.818. The van der Waals surface area contributed by atoms with Crippen molar-refractivity contribution in [2.24, 2.45) is 0 Å². The molecule has 0 saturated heterocycles. The van der Waals surface area contributed by atoms with E-state index in [2.05, 4.69) is 10.6 Å². The molecule has 2 rings (SSSR count). The van der Waals surface area contributed by atoms with Crippen LogP contribution in [0.3, 0.4) is 0 Å². The Morgan fingerprint density at radius 3 is 2.77 bits per heavy atom. The van der Waals surface area contributed by atoms with Crippen molar-refractivity contribution in [2.45, 2.75) is 32.9 Å². The Kier molecular flexibility index (Phi) is 4.98. The van der Waals surface area contributed by atoms with E-state index in [0.717, 1.165) is 0 Å². The average Bonchev–Trinajstić information content (AvgIpc) is 2.80. The van der Waals surface area contributed by atoms with Crippen LogP contribution in [0.2, 0.25) is 0 Å². The third-order valence-corrected chi connectivity index (χ3v) is 3.26. The Bertz CT molecular complexity index is 732. The molecule has 0 aliphatic carbocycles. The number of amides is 2. The van der Waals surface area contributed by atoms with E-state index in [1.807, 2.05) is 6.92 Å². The minimum absolute atomic E-state index is 0.0905. The van der Waals surface area contributed by atoms with Crippen molar-refractivity contribution < 1.29 is 14.0 Å². The molecule has 0 radical (unpaired) electrons. The number of nitrogens with zero attached hydrogens (tertiary/aromatic N) is 1. The second kappa shape index (κ2) is 6.93. The molecule has 0 unspecified atom stereocenters. The van der Waals surface area contributed by atoms with Gasteiger partial charge in [-0.05, 0) is 26.0 Å². The summed E-state index contributed by atoms with van der Waals surface area (Å²) >= 11 is 0. The lowest BCUT2D eigenvalue weighted by Crippen LogP contribution is -2.45. The maximum absolute atomic E-state index is 11.9. The van der Waals surface area contributed by atoms with Gasteiger partial charge in [0, 0.05) is 19.5 Å². The molecule has 7 heteroatoms. The number of oxazole rings is 1. The molecular weight excluding hydrogens is 286 g/mol. The van der Waals surface area contributed by atoms with Gasteiger partial charge >= 0.3 is 5.76 Å². The van der Waals surface area contributed by atoms with Crippen molar-refractivity contribution in [1.29, 1.82) is 0 Å². The molecule has 22 heavy (non-hydrogen) atoms. The molecule has 1 heterocycles. The summed E-state index contributed by atoms with van der Waals surface area (Å²) in [5, 5.41) is 5.23. The number of fused-ring (bicyclic) bond motifs is 1. The number of likely N-dealkylation sites (N-methyl/N-ethyl adjacent to an activating group) is 1. The van der Waals surface area contributed by atoms with Gasteiger partial charge in [-0.2, -0.15) is 0 Å². The Hall–Kier alpha value is -2.57. The molecule has 2 aromatic rings. The standard InChI is InChI=1S/C15H19N3O4/c1-3-16-14(20)10(2)17-13(19)8-9-18-11-6-4-5-7-12(11)22-15(18)21/h4-7,10H,3,8-9H2,1-2H3,(H,16,20)(H,17,19)/t10-/m1/s1. The van der Waals surface area contributed by atoms with Crippen LogP contribution in [-0.4, -0.2) is 29.0 Å². The van der Waals surface area contributed by atoms with Crippen molar-refractivity contribution in [3.05, 3.63) is 34.8 Å². The zero-order valence-electron chi connectivity index (χ0n) is 12.6. The molecule has 0 fully saturated rings. The van der Waals surface area contributed by atoms with Crippen LogP contribution in [0.5, 0.6) is 0 Å². The summed E-state index contributed by atoms with van der Waals surface area (Å²) in [5.74, 6) is -1.02. The minimum Gasteiger partial charge on any atom is -0.408 e. The van der Waals surface area contributed by atoms with E-state index in [1.54, 1.807) is 31.2 Å². The third kappa shape index (κ3) is 3.55. The van der Waals surface area contributed by atoms with Gasteiger partial charge in [-0.3, -0.25) is 14.2 Å². The predicted octanol–water partition coefficient (Wildman–Crippen LogP) is 0.625. The lowest BCUT2D eigenvalue weighted by atomic mass is 10.2. The normalized spacial score (nSPS) is 12.1. The number of carbonyl (C=O) groups is 2. The molecule has 7 nitrogen and oxygen atoms in total. The lowest BCUT2D eigenvalue weighted by Gasteiger charge is -2.13. The first-order valence-electron chi connectivity index (χ1n) is 7.18. The maximum atomic E-state index is 11.9. The van der Waals surface area contributed by atoms with Gasteiger partial charge in [0.1, 0.15) is 6.04 Å². The van der Waals surface area contributed by atoms with Gasteiger partial charge in [0.2, 0.25) is 11.8 Å². The van der Waals surface area contributed by atoms with E-state index in [9.17, 15) is 14.4 Å². The Labute approximate surface area is 127 Å². The van der Waals surface area contributed by atoms with Crippen molar-refractivity contribution in [3.8, 4) is 0 Å². The predicted molar refractivity (Wildman–Crippen MR) is 81.4 cm³/mol. The smallest absolute Gasteiger partial charge is 0.408 e. The summed E-state index contributed by atoms with van der Waals surface area (Å²) < 4.78 is 6.50. The number of aromatic nitrogens is 1. The Morgan fingerprint density at radius 2 is 2.05 bits per heavy atom. The first-order chi connectivity index (χ1) is 10.5. The van der Waals surface area contributed by atoms with Gasteiger partial charge in [-0.25, -0.2) is 4.79 Å². The first-order valence-corrected chi connectivity index (χ1v) is 7.18. The van der Waals surface area contributed by atoms with Crippen molar-refractivity contribution in [1.82, 2.24) is 15.2 Å². The zero-order valence-corrected chi connectivity index (χ0v) is 12.6. The molecule has 2 N–H and O–H groups in total. The van der Waals surface area contributed by atoms with E-state index < -0.39 is 11.8 Å². The van der Waals surface area contributed by atoms with Gasteiger partial charge in [0.15, 0.2) is 5.58 Å². The Balaban J connectivity index is 1.97. The van der Waals surface area contributed by atoms with Gasteiger partial charge in [-0.1, -0.05) is 12.1 Å². The molecule has 118 valence electrons.